The zero-order valence-corrected chi connectivity index (χ0v) is 9.96. The van der Waals surface area contributed by atoms with Crippen LogP contribution in [0.5, 0.6) is 0 Å². The average Bonchev–Trinajstić information content (AvgIpc) is 2.85. The van der Waals surface area contributed by atoms with Gasteiger partial charge in [-0.25, -0.2) is 4.98 Å². The lowest BCUT2D eigenvalue weighted by atomic mass is 10.1. The molecule has 1 aromatic heterocycles. The van der Waals surface area contributed by atoms with E-state index in [1.165, 1.54) is 24.4 Å². The molecule has 1 heterocycles. The summed E-state index contributed by atoms with van der Waals surface area (Å²) in [6, 6.07) is -0.621. The quantitative estimate of drug-likeness (QED) is 0.844. The third kappa shape index (κ3) is 2.49. The van der Waals surface area contributed by atoms with Gasteiger partial charge in [0.15, 0.2) is 0 Å². The molecule has 0 radical (unpaired) electrons. The Morgan fingerprint density at radius 1 is 1.56 bits per heavy atom. The maximum Gasteiger partial charge on any atom is 0.325 e. The van der Waals surface area contributed by atoms with Crippen molar-refractivity contribution in [2.24, 2.45) is 0 Å². The summed E-state index contributed by atoms with van der Waals surface area (Å²) in [5.41, 5.74) is 0. The van der Waals surface area contributed by atoms with Crippen LogP contribution in [0.15, 0.2) is 0 Å². The fraction of sp³-hybridized carbons (Fsp3) is 0.700. The smallest absolute Gasteiger partial charge is 0.325 e. The van der Waals surface area contributed by atoms with Gasteiger partial charge in [-0.1, -0.05) is 12.8 Å². The molecule has 16 heavy (non-hydrogen) atoms. The van der Waals surface area contributed by atoms with Gasteiger partial charge >= 0.3 is 5.97 Å². The Morgan fingerprint density at radius 3 is 2.88 bits per heavy atom. The minimum absolute atomic E-state index is 0.479. The summed E-state index contributed by atoms with van der Waals surface area (Å²) >= 11 is 1.25. The lowest BCUT2D eigenvalue weighted by Gasteiger charge is -2.06. The second-order valence-electron chi connectivity index (χ2n) is 4.14. The first-order valence-corrected chi connectivity index (χ1v) is 6.27. The highest BCUT2D eigenvalue weighted by Gasteiger charge is 2.22. The summed E-state index contributed by atoms with van der Waals surface area (Å²) in [5, 5.41) is 12.2. The zero-order chi connectivity index (χ0) is 11.5. The highest BCUT2D eigenvalue weighted by Crippen LogP contribution is 2.33. The Balaban J connectivity index is 1.99. The van der Waals surface area contributed by atoms with E-state index in [4.69, 9.17) is 5.11 Å². The van der Waals surface area contributed by atoms with Crippen molar-refractivity contribution in [3.05, 3.63) is 5.82 Å². The number of hydrogen-bond acceptors (Lipinski definition) is 5. The van der Waals surface area contributed by atoms with Crippen molar-refractivity contribution in [3.63, 3.8) is 0 Å². The summed E-state index contributed by atoms with van der Waals surface area (Å²) in [5.74, 6) is 0.479. The normalized spacial score (nSPS) is 18.6. The molecule has 5 nitrogen and oxygen atoms in total. The Bertz CT molecular complexity index is 374. The van der Waals surface area contributed by atoms with Crippen molar-refractivity contribution in [2.75, 3.05) is 5.32 Å². The molecule has 1 saturated carbocycles. The Labute approximate surface area is 98.1 Å². The number of carbonyl (C=O) groups is 1. The number of nitrogens with one attached hydrogen (secondary N) is 1. The van der Waals surface area contributed by atoms with Gasteiger partial charge in [0.25, 0.3) is 0 Å². The highest BCUT2D eigenvalue weighted by atomic mass is 32.1. The zero-order valence-electron chi connectivity index (χ0n) is 9.14. The number of aliphatic carboxylic acids is 1. The molecule has 1 aromatic rings. The summed E-state index contributed by atoms with van der Waals surface area (Å²) in [6.07, 6.45) is 4.81. The predicted octanol–water partition coefficient (Wildman–Crippen LogP) is 2.08. The van der Waals surface area contributed by atoms with Crippen molar-refractivity contribution in [1.29, 1.82) is 0 Å². The molecule has 2 N–H and O–H groups in total. The molecule has 0 spiro atoms. The summed E-state index contributed by atoms with van der Waals surface area (Å²) in [7, 11) is 0. The largest absolute Gasteiger partial charge is 0.480 e. The Kier molecular flexibility index (Phi) is 3.38. The predicted molar refractivity (Wildman–Crippen MR) is 61.8 cm³/mol. The minimum atomic E-state index is -0.877. The average molecular weight is 241 g/mol. The molecule has 0 amide bonds. The number of rotatable bonds is 4. The van der Waals surface area contributed by atoms with Gasteiger partial charge in [0.2, 0.25) is 5.13 Å². The van der Waals surface area contributed by atoms with Crippen molar-refractivity contribution >= 4 is 22.6 Å². The third-order valence-corrected chi connectivity index (χ3v) is 3.53. The Morgan fingerprint density at radius 2 is 2.25 bits per heavy atom. The van der Waals surface area contributed by atoms with E-state index in [9.17, 15) is 4.79 Å². The number of anilines is 1. The second-order valence-corrected chi connectivity index (χ2v) is 4.90. The number of hydrogen-bond donors (Lipinski definition) is 2. The second kappa shape index (κ2) is 4.78. The van der Waals surface area contributed by atoms with Crippen LogP contribution in [0.4, 0.5) is 5.13 Å². The minimum Gasteiger partial charge on any atom is -0.480 e. The highest BCUT2D eigenvalue weighted by molar-refractivity contribution is 7.09. The van der Waals surface area contributed by atoms with E-state index in [1.54, 1.807) is 6.92 Å². The van der Waals surface area contributed by atoms with Crippen LogP contribution in [0.25, 0.3) is 0 Å². The van der Waals surface area contributed by atoms with Crippen LogP contribution >= 0.6 is 11.5 Å². The summed E-state index contributed by atoms with van der Waals surface area (Å²) in [4.78, 5) is 15.0. The van der Waals surface area contributed by atoms with E-state index in [1.807, 2.05) is 0 Å². The van der Waals surface area contributed by atoms with Gasteiger partial charge in [-0.3, -0.25) is 4.79 Å². The lowest BCUT2D eigenvalue weighted by molar-refractivity contribution is -0.137. The van der Waals surface area contributed by atoms with Gasteiger partial charge in [0.05, 0.1) is 0 Å². The first-order chi connectivity index (χ1) is 7.66. The molecule has 1 fully saturated rings. The molecule has 88 valence electrons. The summed E-state index contributed by atoms with van der Waals surface area (Å²) < 4.78 is 4.29. The van der Waals surface area contributed by atoms with Gasteiger partial charge < -0.3 is 10.4 Å². The maximum atomic E-state index is 10.7. The molecular formula is C10H15N3O2S. The molecule has 0 aromatic carbocycles. The fourth-order valence-electron chi connectivity index (χ4n) is 1.89. The van der Waals surface area contributed by atoms with Gasteiger partial charge in [0.1, 0.15) is 11.9 Å². The number of carboxylic acid groups (broad SMARTS) is 1. The number of nitrogens with zero attached hydrogens (tertiary/aromatic N) is 2. The molecule has 0 saturated heterocycles. The molecule has 6 heteroatoms. The van der Waals surface area contributed by atoms with Crippen molar-refractivity contribution in [1.82, 2.24) is 9.36 Å². The van der Waals surface area contributed by atoms with Crippen LogP contribution in [0.1, 0.15) is 44.3 Å². The third-order valence-electron chi connectivity index (χ3n) is 2.87. The number of carboxylic acids is 1. The van der Waals surface area contributed by atoms with Gasteiger partial charge in [-0.05, 0) is 19.8 Å². The molecule has 1 aliphatic carbocycles. The van der Waals surface area contributed by atoms with E-state index in [0.717, 1.165) is 18.7 Å². The van der Waals surface area contributed by atoms with Crippen LogP contribution < -0.4 is 5.32 Å². The van der Waals surface area contributed by atoms with Crippen LogP contribution in [0, 0.1) is 0 Å². The van der Waals surface area contributed by atoms with E-state index < -0.39 is 12.0 Å². The molecule has 0 aliphatic heterocycles. The van der Waals surface area contributed by atoms with Crippen molar-refractivity contribution in [3.8, 4) is 0 Å². The van der Waals surface area contributed by atoms with E-state index in [0.29, 0.717) is 11.0 Å². The fourth-order valence-corrected chi connectivity index (χ4v) is 2.62. The van der Waals surface area contributed by atoms with Gasteiger partial charge in [0, 0.05) is 17.5 Å². The SMILES string of the molecule is C[C@@H](Nc1nc(C2CCCC2)ns1)C(=O)O. The lowest BCUT2D eigenvalue weighted by Crippen LogP contribution is -2.25. The van der Waals surface area contributed by atoms with Crippen molar-refractivity contribution < 1.29 is 9.90 Å². The standard InChI is InChI=1S/C10H15N3O2S/c1-6(9(14)15)11-10-12-8(13-16-10)7-4-2-3-5-7/h6-7H,2-5H2,1H3,(H,14,15)(H,11,12,13)/t6-/m1/s1. The molecule has 0 bridgehead atoms. The van der Waals surface area contributed by atoms with E-state index in [-0.39, 0.29) is 0 Å². The monoisotopic (exact) mass is 241 g/mol. The van der Waals surface area contributed by atoms with Crippen LogP contribution in [-0.4, -0.2) is 26.5 Å². The van der Waals surface area contributed by atoms with E-state index in [2.05, 4.69) is 14.7 Å². The van der Waals surface area contributed by atoms with Gasteiger partial charge in [-0.2, -0.15) is 4.37 Å². The van der Waals surface area contributed by atoms with Crippen LogP contribution in [-0.2, 0) is 4.79 Å². The van der Waals surface area contributed by atoms with Crippen molar-refractivity contribution in [2.45, 2.75) is 44.6 Å². The Hall–Kier alpha value is -1.17. The first-order valence-electron chi connectivity index (χ1n) is 5.50. The van der Waals surface area contributed by atoms with E-state index >= 15 is 0 Å². The molecule has 0 unspecified atom stereocenters. The van der Waals surface area contributed by atoms with Gasteiger partial charge in [-0.15, -0.1) is 0 Å². The first kappa shape index (κ1) is 11.3. The van der Waals surface area contributed by atoms with Crippen LogP contribution in [0.3, 0.4) is 0 Å². The topological polar surface area (TPSA) is 75.1 Å². The van der Waals surface area contributed by atoms with Crippen LogP contribution in [0.2, 0.25) is 0 Å². The summed E-state index contributed by atoms with van der Waals surface area (Å²) in [6.45, 7) is 1.60. The molecule has 2 rings (SSSR count). The molecular weight excluding hydrogens is 226 g/mol. The maximum absolute atomic E-state index is 10.7. The molecule has 1 aliphatic rings. The molecule has 1 atom stereocenters. The number of aromatic nitrogens is 2.